The third-order valence-electron chi connectivity index (χ3n) is 3.75. The molecule has 112 valence electrons. The zero-order chi connectivity index (χ0) is 15.0. The molecule has 0 aliphatic rings. The average molecular weight is 277 g/mol. The molecule has 3 nitrogen and oxygen atoms in total. The van der Waals surface area contributed by atoms with E-state index in [1.807, 2.05) is 25.1 Å². The van der Waals surface area contributed by atoms with Crippen molar-refractivity contribution in [2.24, 2.45) is 5.92 Å². The maximum atomic E-state index is 12.1. The summed E-state index contributed by atoms with van der Waals surface area (Å²) < 4.78 is 5.21. The number of ether oxygens (including phenoxy) is 1. The van der Waals surface area contributed by atoms with Gasteiger partial charge in [-0.2, -0.15) is 0 Å². The van der Waals surface area contributed by atoms with Gasteiger partial charge < -0.3 is 10.1 Å². The number of hydrogen-bond acceptors (Lipinski definition) is 2. The fraction of sp³-hybridized carbons (Fsp3) is 0.588. The van der Waals surface area contributed by atoms with Crippen molar-refractivity contribution in [1.82, 2.24) is 5.32 Å². The van der Waals surface area contributed by atoms with E-state index in [2.05, 4.69) is 19.2 Å². The van der Waals surface area contributed by atoms with Crippen LogP contribution in [0.15, 0.2) is 18.2 Å². The predicted molar refractivity (Wildman–Crippen MR) is 83.4 cm³/mol. The van der Waals surface area contributed by atoms with Crippen LogP contribution in [0.5, 0.6) is 5.75 Å². The number of nitrogens with one attached hydrogen (secondary N) is 1. The van der Waals surface area contributed by atoms with Crippen LogP contribution in [-0.2, 0) is 0 Å². The Balaban J connectivity index is 2.55. The minimum Gasteiger partial charge on any atom is -0.496 e. The van der Waals surface area contributed by atoms with Crippen LogP contribution in [0.2, 0.25) is 0 Å². The lowest BCUT2D eigenvalue weighted by Gasteiger charge is -2.15. The van der Waals surface area contributed by atoms with E-state index >= 15 is 0 Å². The van der Waals surface area contributed by atoms with Crippen LogP contribution in [0.25, 0.3) is 0 Å². The van der Waals surface area contributed by atoms with Crippen molar-refractivity contribution in [1.29, 1.82) is 0 Å². The van der Waals surface area contributed by atoms with Crippen molar-refractivity contribution in [3.63, 3.8) is 0 Å². The summed E-state index contributed by atoms with van der Waals surface area (Å²) in [5.74, 6) is 1.40. The molecule has 1 rings (SSSR count). The van der Waals surface area contributed by atoms with Gasteiger partial charge >= 0.3 is 0 Å². The van der Waals surface area contributed by atoms with Gasteiger partial charge in [0.1, 0.15) is 5.75 Å². The number of hydrogen-bond donors (Lipinski definition) is 1. The molecule has 0 spiro atoms. The Morgan fingerprint density at radius 1 is 1.35 bits per heavy atom. The van der Waals surface area contributed by atoms with Gasteiger partial charge in [-0.3, -0.25) is 4.79 Å². The van der Waals surface area contributed by atoms with Crippen molar-refractivity contribution in [2.75, 3.05) is 13.7 Å². The van der Waals surface area contributed by atoms with Gasteiger partial charge in [0.05, 0.1) is 7.11 Å². The largest absolute Gasteiger partial charge is 0.496 e. The lowest BCUT2D eigenvalue weighted by atomic mass is 9.99. The molecule has 20 heavy (non-hydrogen) atoms. The second-order valence-electron chi connectivity index (χ2n) is 5.31. The van der Waals surface area contributed by atoms with Crippen LogP contribution in [-0.4, -0.2) is 19.6 Å². The Labute approximate surface area is 122 Å². The molecule has 1 amide bonds. The van der Waals surface area contributed by atoms with E-state index in [1.54, 1.807) is 7.11 Å². The Morgan fingerprint density at radius 2 is 2.10 bits per heavy atom. The third kappa shape index (κ3) is 4.87. The molecule has 0 fully saturated rings. The molecule has 1 aromatic carbocycles. The van der Waals surface area contributed by atoms with Crippen molar-refractivity contribution in [3.05, 3.63) is 29.3 Å². The van der Waals surface area contributed by atoms with Crippen molar-refractivity contribution in [2.45, 2.75) is 46.5 Å². The quantitative estimate of drug-likeness (QED) is 0.781. The minimum atomic E-state index is 0.00528. The summed E-state index contributed by atoms with van der Waals surface area (Å²) in [6.45, 7) is 7.10. The normalized spacial score (nSPS) is 12.0. The maximum Gasteiger partial charge on any atom is 0.251 e. The standard InChI is InChI=1S/C17H27NO2/c1-5-7-8-14(6-2)12-18-17(19)15-9-10-16(20-4)13(3)11-15/h9-11,14H,5-8,12H2,1-4H3,(H,18,19)/t14-/m1/s1. The molecule has 0 aliphatic heterocycles. The molecule has 0 aliphatic carbocycles. The molecule has 0 radical (unpaired) electrons. The first-order valence-corrected chi connectivity index (χ1v) is 7.55. The number of amides is 1. The molecule has 1 N–H and O–H groups in total. The summed E-state index contributed by atoms with van der Waals surface area (Å²) >= 11 is 0. The minimum absolute atomic E-state index is 0.00528. The summed E-state index contributed by atoms with van der Waals surface area (Å²) in [6, 6.07) is 5.54. The molecular formula is C17H27NO2. The zero-order valence-electron chi connectivity index (χ0n) is 13.2. The Bertz CT molecular complexity index is 429. The number of rotatable bonds is 8. The second kappa shape index (κ2) is 8.62. The summed E-state index contributed by atoms with van der Waals surface area (Å²) in [4.78, 5) is 12.1. The van der Waals surface area contributed by atoms with Gasteiger partial charge in [-0.05, 0) is 43.0 Å². The number of aryl methyl sites for hydroxylation is 1. The van der Waals surface area contributed by atoms with Gasteiger partial charge in [0.2, 0.25) is 0 Å². The lowest BCUT2D eigenvalue weighted by Crippen LogP contribution is -2.29. The molecule has 0 saturated heterocycles. The van der Waals surface area contributed by atoms with Crippen LogP contribution in [0.4, 0.5) is 0 Å². The van der Waals surface area contributed by atoms with Crippen LogP contribution in [0, 0.1) is 12.8 Å². The highest BCUT2D eigenvalue weighted by molar-refractivity contribution is 5.94. The summed E-state index contributed by atoms with van der Waals surface area (Å²) in [6.07, 6.45) is 4.75. The first-order valence-electron chi connectivity index (χ1n) is 7.55. The van der Waals surface area contributed by atoms with Crippen LogP contribution in [0.1, 0.15) is 55.5 Å². The summed E-state index contributed by atoms with van der Waals surface area (Å²) in [5, 5.41) is 3.04. The van der Waals surface area contributed by atoms with E-state index in [0.29, 0.717) is 11.5 Å². The van der Waals surface area contributed by atoms with Gasteiger partial charge in [0.15, 0.2) is 0 Å². The smallest absolute Gasteiger partial charge is 0.251 e. The van der Waals surface area contributed by atoms with Gasteiger partial charge in [-0.1, -0.05) is 33.1 Å². The number of benzene rings is 1. The van der Waals surface area contributed by atoms with Gasteiger partial charge in [-0.25, -0.2) is 0 Å². The highest BCUT2D eigenvalue weighted by Crippen LogP contribution is 2.18. The van der Waals surface area contributed by atoms with E-state index in [0.717, 1.165) is 24.3 Å². The first-order chi connectivity index (χ1) is 9.62. The Kier molecular flexibility index (Phi) is 7.13. The lowest BCUT2D eigenvalue weighted by molar-refractivity contribution is 0.0945. The van der Waals surface area contributed by atoms with E-state index in [-0.39, 0.29) is 5.91 Å². The van der Waals surface area contributed by atoms with Gasteiger partial charge in [0, 0.05) is 12.1 Å². The Morgan fingerprint density at radius 3 is 2.65 bits per heavy atom. The molecule has 0 aromatic heterocycles. The monoisotopic (exact) mass is 277 g/mol. The summed E-state index contributed by atoms with van der Waals surface area (Å²) in [7, 11) is 1.64. The molecular weight excluding hydrogens is 250 g/mol. The number of carbonyl (C=O) groups excluding carboxylic acids is 1. The van der Waals surface area contributed by atoms with Crippen LogP contribution < -0.4 is 10.1 Å². The molecule has 1 atom stereocenters. The highest BCUT2D eigenvalue weighted by Gasteiger charge is 2.11. The number of carbonyl (C=O) groups is 1. The van der Waals surface area contributed by atoms with E-state index in [1.165, 1.54) is 19.3 Å². The second-order valence-corrected chi connectivity index (χ2v) is 5.31. The van der Waals surface area contributed by atoms with Gasteiger partial charge in [-0.15, -0.1) is 0 Å². The first kappa shape index (κ1) is 16.5. The summed E-state index contributed by atoms with van der Waals surface area (Å²) in [5.41, 5.74) is 1.69. The van der Waals surface area contributed by atoms with Gasteiger partial charge in [0.25, 0.3) is 5.91 Å². The number of methoxy groups -OCH3 is 1. The van der Waals surface area contributed by atoms with Crippen molar-refractivity contribution in [3.8, 4) is 5.75 Å². The van der Waals surface area contributed by atoms with Crippen LogP contribution in [0.3, 0.4) is 0 Å². The fourth-order valence-corrected chi connectivity index (χ4v) is 2.30. The topological polar surface area (TPSA) is 38.3 Å². The highest BCUT2D eigenvalue weighted by atomic mass is 16.5. The van der Waals surface area contributed by atoms with Crippen LogP contribution >= 0.6 is 0 Å². The molecule has 3 heteroatoms. The molecule has 0 heterocycles. The SMILES string of the molecule is CCCC[C@@H](CC)CNC(=O)c1ccc(OC)c(C)c1. The Hall–Kier alpha value is -1.51. The third-order valence-corrected chi connectivity index (χ3v) is 3.75. The van der Waals surface area contributed by atoms with E-state index < -0.39 is 0 Å². The van der Waals surface area contributed by atoms with E-state index in [9.17, 15) is 4.79 Å². The predicted octanol–water partition coefficient (Wildman–Crippen LogP) is 3.95. The molecule has 1 aromatic rings. The van der Waals surface area contributed by atoms with Crippen molar-refractivity contribution < 1.29 is 9.53 Å². The number of unbranched alkanes of at least 4 members (excludes halogenated alkanes) is 1. The fourth-order valence-electron chi connectivity index (χ4n) is 2.30. The maximum absolute atomic E-state index is 12.1. The van der Waals surface area contributed by atoms with Crippen molar-refractivity contribution >= 4 is 5.91 Å². The zero-order valence-corrected chi connectivity index (χ0v) is 13.2. The molecule has 0 unspecified atom stereocenters. The van der Waals surface area contributed by atoms with E-state index in [4.69, 9.17) is 4.74 Å². The molecule has 0 saturated carbocycles. The molecule has 0 bridgehead atoms. The average Bonchev–Trinajstić information content (AvgIpc) is 2.47.